The first-order valence-electron chi connectivity index (χ1n) is 12.8. The number of methoxy groups -OCH3 is 1. The van der Waals surface area contributed by atoms with Gasteiger partial charge in [-0.2, -0.15) is 0 Å². The van der Waals surface area contributed by atoms with Gasteiger partial charge in [-0.25, -0.2) is 0 Å². The molecule has 6 aliphatic rings. The Labute approximate surface area is 216 Å². The monoisotopic (exact) mass is 494 g/mol. The van der Waals surface area contributed by atoms with Gasteiger partial charge in [0.25, 0.3) is 0 Å². The summed E-state index contributed by atoms with van der Waals surface area (Å²) in [6.45, 7) is 0. The molecule has 0 saturated heterocycles. The molecule has 4 aliphatic carbocycles. The van der Waals surface area contributed by atoms with Gasteiger partial charge >= 0.3 is 0 Å². The van der Waals surface area contributed by atoms with Gasteiger partial charge in [0.2, 0.25) is 0 Å². The molecule has 1 aromatic carbocycles. The number of aliphatic hydroxyl groups excluding tert-OH is 1. The number of ether oxygens (including phenoxy) is 1. The van der Waals surface area contributed by atoms with Crippen LogP contribution in [0.1, 0.15) is 23.5 Å². The maximum absolute atomic E-state index is 10.6. The Hall–Kier alpha value is -2.70. The Bertz CT molecular complexity index is 1330. The van der Waals surface area contributed by atoms with Crippen LogP contribution in [-0.2, 0) is 4.74 Å². The number of aliphatic imine (C=N–C) groups is 1. The molecule has 0 radical (unpaired) electrons. The second-order valence-electron chi connectivity index (χ2n) is 10.2. The van der Waals surface area contributed by atoms with Crippen molar-refractivity contribution in [3.05, 3.63) is 112 Å². The highest BCUT2D eigenvalue weighted by atomic mass is 32.2. The maximum Gasteiger partial charge on any atom is 0.114 e. The predicted molar refractivity (Wildman–Crippen MR) is 148 cm³/mol. The molecule has 8 atom stereocenters. The van der Waals surface area contributed by atoms with E-state index in [-0.39, 0.29) is 24.2 Å². The molecule has 0 fully saturated rings. The van der Waals surface area contributed by atoms with Crippen LogP contribution in [0.15, 0.2) is 106 Å². The van der Waals surface area contributed by atoms with E-state index in [0.717, 1.165) is 5.71 Å². The average Bonchev–Trinajstić information content (AvgIpc) is 3.32. The van der Waals surface area contributed by atoms with Crippen molar-refractivity contribution in [1.29, 1.82) is 0 Å². The van der Waals surface area contributed by atoms with Crippen LogP contribution in [0, 0.1) is 17.8 Å². The normalized spacial score (nSPS) is 37.7. The van der Waals surface area contributed by atoms with E-state index in [2.05, 4.69) is 72.1 Å². The lowest BCUT2D eigenvalue weighted by molar-refractivity contribution is 0.0469. The second kappa shape index (κ2) is 9.00. The van der Waals surface area contributed by atoms with Crippen LogP contribution in [0.3, 0.4) is 0 Å². The van der Waals surface area contributed by atoms with Crippen LogP contribution in [0.2, 0.25) is 0 Å². The number of rotatable bonds is 3. The van der Waals surface area contributed by atoms with E-state index in [1.165, 1.54) is 21.6 Å². The van der Waals surface area contributed by atoms with Crippen molar-refractivity contribution >= 4 is 23.5 Å². The molecule has 7 rings (SSSR count). The lowest BCUT2D eigenvalue weighted by Gasteiger charge is -2.39. The molecule has 0 amide bonds. The smallest absolute Gasteiger partial charge is 0.114 e. The van der Waals surface area contributed by atoms with Gasteiger partial charge in [-0.3, -0.25) is 10.3 Å². The molecule has 0 saturated carbocycles. The Morgan fingerprint density at radius 1 is 1.00 bits per heavy atom. The Balaban J connectivity index is 1.32. The third-order valence-electron chi connectivity index (χ3n) is 8.31. The first kappa shape index (κ1) is 22.5. The number of allylic oxidation sites excluding steroid dienone is 9. The van der Waals surface area contributed by atoms with Crippen LogP contribution in [0.25, 0.3) is 6.08 Å². The number of hydrogen-bond acceptors (Lipinski definition) is 5. The molecule has 0 bridgehead atoms. The quantitative estimate of drug-likeness (QED) is 0.599. The van der Waals surface area contributed by atoms with E-state index in [9.17, 15) is 5.11 Å². The summed E-state index contributed by atoms with van der Waals surface area (Å²) in [7, 11) is 1.74. The number of hydrogen-bond donors (Lipinski definition) is 2. The Morgan fingerprint density at radius 2 is 1.81 bits per heavy atom. The molecule has 0 aromatic heterocycles. The number of aliphatic hydroxyl groups is 1. The number of benzene rings is 1. The highest BCUT2D eigenvalue weighted by Crippen LogP contribution is 2.58. The van der Waals surface area contributed by atoms with Crippen LogP contribution >= 0.6 is 11.8 Å². The van der Waals surface area contributed by atoms with Crippen molar-refractivity contribution in [2.75, 3.05) is 7.11 Å². The molecule has 0 spiro atoms. The molecule has 182 valence electrons. The van der Waals surface area contributed by atoms with Gasteiger partial charge in [0, 0.05) is 53.1 Å². The zero-order valence-corrected chi connectivity index (χ0v) is 21.0. The summed E-state index contributed by atoms with van der Waals surface area (Å²) in [6, 6.07) is 8.86. The van der Waals surface area contributed by atoms with E-state index in [0.29, 0.717) is 23.5 Å². The van der Waals surface area contributed by atoms with Crippen molar-refractivity contribution in [3.8, 4) is 0 Å². The number of nitrogens with one attached hydrogen (secondary N) is 1. The average molecular weight is 495 g/mol. The molecule has 2 aliphatic heterocycles. The van der Waals surface area contributed by atoms with Crippen molar-refractivity contribution in [3.63, 3.8) is 0 Å². The fourth-order valence-corrected chi connectivity index (χ4v) is 8.06. The van der Waals surface area contributed by atoms with Crippen LogP contribution in [-0.4, -0.2) is 41.7 Å². The molecular weight excluding hydrogens is 464 g/mol. The molecular formula is C31H30N2O2S. The van der Waals surface area contributed by atoms with Crippen LogP contribution in [0.4, 0.5) is 0 Å². The Morgan fingerprint density at radius 3 is 2.67 bits per heavy atom. The van der Waals surface area contributed by atoms with Gasteiger partial charge in [0.05, 0.1) is 6.10 Å². The predicted octanol–water partition coefficient (Wildman–Crippen LogP) is 5.30. The lowest BCUT2D eigenvalue weighted by Crippen LogP contribution is -2.50. The molecule has 1 aromatic rings. The van der Waals surface area contributed by atoms with Crippen LogP contribution in [0.5, 0.6) is 0 Å². The number of nitrogens with zero attached hydrogens (tertiary/aromatic N) is 1. The molecule has 5 heteroatoms. The minimum Gasteiger partial charge on any atom is -0.388 e. The van der Waals surface area contributed by atoms with E-state index >= 15 is 0 Å². The van der Waals surface area contributed by atoms with Crippen molar-refractivity contribution in [1.82, 2.24) is 5.32 Å². The van der Waals surface area contributed by atoms with Gasteiger partial charge in [-0.05, 0) is 28.3 Å². The number of thioether (sulfide) groups is 1. The van der Waals surface area contributed by atoms with E-state index in [1.807, 2.05) is 36.1 Å². The third-order valence-corrected chi connectivity index (χ3v) is 9.62. The highest BCUT2D eigenvalue weighted by Gasteiger charge is 2.46. The summed E-state index contributed by atoms with van der Waals surface area (Å²) in [5.41, 5.74) is 6.73. The molecule has 4 nitrogen and oxygen atoms in total. The molecule has 36 heavy (non-hydrogen) atoms. The number of fused-ring (bicyclic) bond motifs is 6. The van der Waals surface area contributed by atoms with Gasteiger partial charge in [0.15, 0.2) is 0 Å². The fraction of sp³-hybridized carbons (Fsp3) is 0.323. The highest BCUT2D eigenvalue weighted by molar-refractivity contribution is 8.04. The largest absolute Gasteiger partial charge is 0.388 e. The van der Waals surface area contributed by atoms with Crippen molar-refractivity contribution in [2.24, 2.45) is 22.7 Å². The molecule has 2 N–H and O–H groups in total. The zero-order chi connectivity index (χ0) is 24.2. The summed E-state index contributed by atoms with van der Waals surface area (Å²) in [4.78, 5) is 6.62. The molecule has 8 unspecified atom stereocenters. The minimum absolute atomic E-state index is 0.120. The van der Waals surface area contributed by atoms with E-state index in [1.54, 1.807) is 12.7 Å². The summed E-state index contributed by atoms with van der Waals surface area (Å²) in [5.74, 6) is 0.876. The summed E-state index contributed by atoms with van der Waals surface area (Å²) >= 11 is 2.00. The van der Waals surface area contributed by atoms with Gasteiger partial charge in [0.1, 0.15) is 12.4 Å². The fourth-order valence-electron chi connectivity index (χ4n) is 6.58. The lowest BCUT2D eigenvalue weighted by atomic mass is 9.67. The molecule has 2 heterocycles. The third kappa shape index (κ3) is 3.60. The van der Waals surface area contributed by atoms with Gasteiger partial charge in [-0.15, -0.1) is 11.8 Å². The summed E-state index contributed by atoms with van der Waals surface area (Å²) < 4.78 is 5.81. The van der Waals surface area contributed by atoms with Crippen LogP contribution < -0.4 is 5.32 Å². The topological polar surface area (TPSA) is 53.9 Å². The van der Waals surface area contributed by atoms with Gasteiger partial charge < -0.3 is 9.84 Å². The standard InChI is InChI=1S/C31H30N2O2S/c1-35-28-17-24(32-31(33-28)22-12-6-7-13-25(22)34)23-16-27-30(21-11-5-4-10-20(21)23)29-19-9-3-2-8-18(19)14-15-26(29)36-27/h2-16,20-22,25-26,28-29,31,33-34H,17H2,1H3. The van der Waals surface area contributed by atoms with E-state index in [4.69, 9.17) is 9.73 Å². The first-order valence-corrected chi connectivity index (χ1v) is 13.7. The van der Waals surface area contributed by atoms with Gasteiger partial charge in [-0.1, -0.05) is 85.0 Å². The first-order chi connectivity index (χ1) is 17.7. The Kier molecular flexibility index (Phi) is 5.62. The summed E-state index contributed by atoms with van der Waals surface area (Å²) in [5, 5.41) is 14.6. The SMILES string of the molecule is COC1CC(C2=CC3=C(C4C=CC=CC24)C2c4ccccc4C=CC2S3)=NC(C2C=CC=CC2O)N1. The van der Waals surface area contributed by atoms with Crippen molar-refractivity contribution in [2.45, 2.75) is 36.1 Å². The minimum atomic E-state index is -0.562. The second-order valence-corrected chi connectivity index (χ2v) is 11.5. The maximum atomic E-state index is 10.6. The summed E-state index contributed by atoms with van der Waals surface area (Å²) in [6.07, 6.45) is 23.8. The zero-order valence-electron chi connectivity index (χ0n) is 20.2. The van der Waals surface area contributed by atoms with E-state index < -0.39 is 6.10 Å². The van der Waals surface area contributed by atoms with Crippen molar-refractivity contribution < 1.29 is 9.84 Å².